The number of nitrogens with zero attached hydrogens (tertiary/aromatic N) is 1. The molecule has 2 N–H and O–H groups in total. The van der Waals surface area contributed by atoms with Crippen molar-refractivity contribution in [3.63, 3.8) is 0 Å². The number of methoxy groups -OCH3 is 1. The van der Waals surface area contributed by atoms with Crippen LogP contribution in [0.3, 0.4) is 0 Å². The Bertz CT molecular complexity index is 780. The van der Waals surface area contributed by atoms with Crippen LogP contribution in [0.25, 0.3) is 0 Å². The van der Waals surface area contributed by atoms with Gasteiger partial charge in [-0.2, -0.15) is 0 Å². The molecule has 0 heterocycles. The van der Waals surface area contributed by atoms with Gasteiger partial charge in [0, 0.05) is 18.3 Å². The molecule has 0 aliphatic heterocycles. The number of hydrogen-bond acceptors (Lipinski definition) is 4. The van der Waals surface area contributed by atoms with Crippen molar-refractivity contribution in [1.29, 1.82) is 0 Å². The second-order valence-electron chi connectivity index (χ2n) is 7.68. The number of rotatable bonds is 11. The summed E-state index contributed by atoms with van der Waals surface area (Å²) in [6.45, 7) is 7.03. The fourth-order valence-corrected chi connectivity index (χ4v) is 3.23. The van der Waals surface area contributed by atoms with Crippen molar-refractivity contribution < 1.29 is 19.4 Å². The van der Waals surface area contributed by atoms with Crippen LogP contribution in [0.15, 0.2) is 48.5 Å². The highest BCUT2D eigenvalue weighted by atomic mass is 16.5. The van der Waals surface area contributed by atoms with E-state index in [1.54, 1.807) is 30.2 Å². The molecule has 2 amide bonds. The number of nitrogens with one attached hydrogen (secondary N) is 1. The van der Waals surface area contributed by atoms with Crippen LogP contribution in [-0.2, 0) is 0 Å². The van der Waals surface area contributed by atoms with E-state index in [-0.39, 0.29) is 25.2 Å². The highest BCUT2D eigenvalue weighted by Gasteiger charge is 2.21. The van der Waals surface area contributed by atoms with E-state index in [1.165, 1.54) is 0 Å². The van der Waals surface area contributed by atoms with Crippen LogP contribution in [0.2, 0.25) is 0 Å². The Morgan fingerprint density at radius 3 is 2.47 bits per heavy atom. The van der Waals surface area contributed by atoms with Crippen molar-refractivity contribution in [3.8, 4) is 11.5 Å². The van der Waals surface area contributed by atoms with E-state index in [0.717, 1.165) is 18.4 Å². The van der Waals surface area contributed by atoms with Gasteiger partial charge in [0.1, 0.15) is 0 Å². The Labute approximate surface area is 179 Å². The van der Waals surface area contributed by atoms with Crippen LogP contribution in [0.5, 0.6) is 11.5 Å². The summed E-state index contributed by atoms with van der Waals surface area (Å²) in [4.78, 5) is 14.6. The molecule has 0 radical (unpaired) electrons. The SMILES string of the molecule is COc1ccc(NC(=O)N(CCO)[C@@H](C)c2ccccc2)cc1OCCCC(C)C. The Morgan fingerprint density at radius 2 is 1.83 bits per heavy atom. The van der Waals surface area contributed by atoms with E-state index >= 15 is 0 Å². The van der Waals surface area contributed by atoms with E-state index in [4.69, 9.17) is 9.47 Å². The van der Waals surface area contributed by atoms with Gasteiger partial charge in [0.25, 0.3) is 0 Å². The number of ether oxygens (including phenoxy) is 2. The quantitative estimate of drug-likeness (QED) is 0.502. The summed E-state index contributed by atoms with van der Waals surface area (Å²) in [5.41, 5.74) is 1.62. The minimum atomic E-state index is -0.281. The summed E-state index contributed by atoms with van der Waals surface area (Å²) in [5, 5.41) is 12.4. The van der Waals surface area contributed by atoms with Crippen LogP contribution >= 0.6 is 0 Å². The van der Waals surface area contributed by atoms with Crippen LogP contribution < -0.4 is 14.8 Å². The first-order valence-electron chi connectivity index (χ1n) is 10.5. The number of aliphatic hydroxyl groups excluding tert-OH is 1. The number of urea groups is 1. The van der Waals surface area contributed by atoms with Crippen molar-refractivity contribution in [2.75, 3.05) is 32.2 Å². The molecule has 30 heavy (non-hydrogen) atoms. The van der Waals surface area contributed by atoms with Gasteiger partial charge >= 0.3 is 6.03 Å². The molecule has 0 aliphatic rings. The standard InChI is InChI=1S/C24H34N2O4/c1-18(2)9-8-16-30-23-17-21(12-13-22(23)29-4)25-24(28)26(14-15-27)19(3)20-10-6-5-7-11-20/h5-7,10-13,17-19,27H,8-9,14-16H2,1-4H3,(H,25,28)/t19-/m0/s1. The molecule has 0 bridgehead atoms. The second kappa shape index (κ2) is 12.1. The summed E-state index contributed by atoms with van der Waals surface area (Å²) in [6, 6.07) is 14.6. The summed E-state index contributed by atoms with van der Waals surface area (Å²) in [7, 11) is 1.60. The molecule has 2 rings (SSSR count). The van der Waals surface area contributed by atoms with Crippen LogP contribution in [0, 0.1) is 5.92 Å². The molecule has 6 nitrogen and oxygen atoms in total. The minimum Gasteiger partial charge on any atom is -0.493 e. The lowest BCUT2D eigenvalue weighted by molar-refractivity contribution is 0.167. The zero-order chi connectivity index (χ0) is 21.9. The molecule has 0 saturated carbocycles. The Balaban J connectivity index is 2.10. The van der Waals surface area contributed by atoms with E-state index in [2.05, 4.69) is 19.2 Å². The maximum absolute atomic E-state index is 13.0. The van der Waals surface area contributed by atoms with Gasteiger partial charge in [-0.25, -0.2) is 4.79 Å². The largest absolute Gasteiger partial charge is 0.493 e. The number of aliphatic hydroxyl groups is 1. The Morgan fingerprint density at radius 1 is 1.10 bits per heavy atom. The molecule has 164 valence electrons. The molecule has 2 aromatic carbocycles. The molecule has 0 unspecified atom stereocenters. The first-order chi connectivity index (χ1) is 14.5. The summed E-state index contributed by atoms with van der Waals surface area (Å²) in [5.74, 6) is 1.86. The topological polar surface area (TPSA) is 71.0 Å². The molecule has 1 atom stereocenters. The zero-order valence-electron chi connectivity index (χ0n) is 18.4. The minimum absolute atomic E-state index is 0.114. The molecule has 0 aromatic heterocycles. The van der Waals surface area contributed by atoms with E-state index in [1.807, 2.05) is 37.3 Å². The van der Waals surface area contributed by atoms with Crippen molar-refractivity contribution in [1.82, 2.24) is 4.90 Å². The fourth-order valence-electron chi connectivity index (χ4n) is 3.23. The maximum atomic E-state index is 13.0. The molecular formula is C24H34N2O4. The Hall–Kier alpha value is -2.73. The number of hydrogen-bond donors (Lipinski definition) is 2. The lowest BCUT2D eigenvalue weighted by atomic mass is 10.1. The number of amides is 2. The van der Waals surface area contributed by atoms with Crippen molar-refractivity contribution in [2.24, 2.45) is 5.92 Å². The normalized spacial score (nSPS) is 11.8. The average Bonchev–Trinajstić information content (AvgIpc) is 2.75. The predicted octanol–water partition coefficient (Wildman–Crippen LogP) is 5.10. The first kappa shape index (κ1) is 23.5. The van der Waals surface area contributed by atoms with Gasteiger partial charge in [0.2, 0.25) is 0 Å². The number of anilines is 1. The molecule has 0 aliphatic carbocycles. The summed E-state index contributed by atoms with van der Waals surface area (Å²) < 4.78 is 11.3. The van der Waals surface area contributed by atoms with E-state index < -0.39 is 0 Å². The van der Waals surface area contributed by atoms with Gasteiger partial charge < -0.3 is 24.8 Å². The first-order valence-corrected chi connectivity index (χ1v) is 10.5. The van der Waals surface area contributed by atoms with E-state index in [0.29, 0.717) is 29.7 Å². The molecule has 0 saturated heterocycles. The zero-order valence-corrected chi connectivity index (χ0v) is 18.4. The van der Waals surface area contributed by atoms with E-state index in [9.17, 15) is 9.90 Å². The molecule has 6 heteroatoms. The highest BCUT2D eigenvalue weighted by Crippen LogP contribution is 2.31. The third-order valence-electron chi connectivity index (χ3n) is 4.95. The fraction of sp³-hybridized carbons (Fsp3) is 0.458. The average molecular weight is 415 g/mol. The third-order valence-corrected chi connectivity index (χ3v) is 4.95. The lowest BCUT2D eigenvalue weighted by Gasteiger charge is -2.29. The smallest absolute Gasteiger partial charge is 0.322 e. The third kappa shape index (κ3) is 6.95. The van der Waals surface area contributed by atoms with Gasteiger partial charge in [0.15, 0.2) is 11.5 Å². The van der Waals surface area contributed by atoms with Gasteiger partial charge in [-0.3, -0.25) is 0 Å². The van der Waals surface area contributed by atoms with Gasteiger partial charge in [-0.15, -0.1) is 0 Å². The molecular weight excluding hydrogens is 380 g/mol. The number of benzene rings is 2. The maximum Gasteiger partial charge on any atom is 0.322 e. The van der Waals surface area contributed by atoms with Crippen LogP contribution in [0.4, 0.5) is 10.5 Å². The molecule has 0 spiro atoms. The van der Waals surface area contributed by atoms with Crippen molar-refractivity contribution >= 4 is 11.7 Å². The van der Waals surface area contributed by atoms with Gasteiger partial charge in [0.05, 0.1) is 26.4 Å². The highest BCUT2D eigenvalue weighted by molar-refractivity contribution is 5.90. The summed E-state index contributed by atoms with van der Waals surface area (Å²) in [6.07, 6.45) is 2.04. The van der Waals surface area contributed by atoms with Crippen molar-refractivity contribution in [2.45, 2.75) is 39.7 Å². The molecule has 2 aromatic rings. The number of carbonyl (C=O) groups is 1. The summed E-state index contributed by atoms with van der Waals surface area (Å²) >= 11 is 0. The van der Waals surface area contributed by atoms with Crippen LogP contribution in [0.1, 0.15) is 45.2 Å². The lowest BCUT2D eigenvalue weighted by Crippen LogP contribution is -2.39. The Kier molecular flexibility index (Phi) is 9.48. The monoisotopic (exact) mass is 414 g/mol. The van der Waals surface area contributed by atoms with Gasteiger partial charge in [-0.1, -0.05) is 44.2 Å². The van der Waals surface area contributed by atoms with Crippen molar-refractivity contribution in [3.05, 3.63) is 54.1 Å². The van der Waals surface area contributed by atoms with Gasteiger partial charge in [-0.05, 0) is 43.4 Å². The predicted molar refractivity (Wildman–Crippen MR) is 120 cm³/mol. The van der Waals surface area contributed by atoms with Crippen LogP contribution in [-0.4, -0.2) is 42.9 Å². The molecule has 0 fully saturated rings. The second-order valence-corrected chi connectivity index (χ2v) is 7.68. The number of carbonyl (C=O) groups excluding carboxylic acids is 1.